The number of piperidine rings is 1. The van der Waals surface area contributed by atoms with Crippen LogP contribution in [0, 0.1) is 22.2 Å². The lowest BCUT2D eigenvalue weighted by atomic mass is 9.63. The molecule has 3 heteroatoms. The Balaban J connectivity index is 1.50. The van der Waals surface area contributed by atoms with Crippen LogP contribution in [-0.2, 0) is 10.2 Å². The molecule has 1 heterocycles. The highest BCUT2D eigenvalue weighted by Crippen LogP contribution is 2.76. The summed E-state index contributed by atoms with van der Waals surface area (Å²) in [6, 6.07) is 11.3. The quantitative estimate of drug-likeness (QED) is 0.856. The predicted molar refractivity (Wildman–Crippen MR) is 108 cm³/mol. The van der Waals surface area contributed by atoms with Crippen molar-refractivity contribution in [3.63, 3.8) is 0 Å². The molecule has 0 aromatic heterocycles. The second-order valence-corrected chi connectivity index (χ2v) is 11.2. The van der Waals surface area contributed by atoms with Gasteiger partial charge in [0.2, 0.25) is 5.91 Å². The van der Waals surface area contributed by atoms with Gasteiger partial charge in [0.15, 0.2) is 0 Å². The Labute approximate surface area is 163 Å². The second-order valence-electron chi connectivity index (χ2n) is 11.2. The number of nitrogens with zero attached hydrogens (tertiary/aromatic N) is 1. The maximum atomic E-state index is 14.0. The van der Waals surface area contributed by atoms with Crippen LogP contribution in [0.2, 0.25) is 0 Å². The first kappa shape index (κ1) is 17.7. The van der Waals surface area contributed by atoms with Crippen molar-refractivity contribution in [2.75, 3.05) is 13.1 Å². The summed E-state index contributed by atoms with van der Waals surface area (Å²) in [6.07, 6.45) is 6.79. The molecule has 1 aromatic carbocycles. The maximum absolute atomic E-state index is 14.0. The topological polar surface area (TPSA) is 46.3 Å². The van der Waals surface area contributed by atoms with Crippen LogP contribution < -0.4 is 5.73 Å². The molecule has 1 saturated heterocycles. The van der Waals surface area contributed by atoms with E-state index >= 15 is 0 Å². The molecule has 5 fully saturated rings. The molecule has 5 aliphatic rings. The van der Waals surface area contributed by atoms with Crippen molar-refractivity contribution in [3.8, 4) is 0 Å². The molecule has 4 aliphatic carbocycles. The van der Waals surface area contributed by atoms with Gasteiger partial charge < -0.3 is 10.6 Å². The number of hydrogen-bond acceptors (Lipinski definition) is 2. The van der Waals surface area contributed by atoms with Crippen molar-refractivity contribution in [1.29, 1.82) is 0 Å². The Morgan fingerprint density at radius 3 is 2.52 bits per heavy atom. The molecular formula is C24H34N2O. The number of carbonyl (C=O) groups excluding carboxylic acids is 1. The molecule has 4 saturated carbocycles. The Bertz CT molecular complexity index is 774. The van der Waals surface area contributed by atoms with Gasteiger partial charge in [0.05, 0.1) is 5.41 Å². The lowest BCUT2D eigenvalue weighted by Crippen LogP contribution is -2.58. The second kappa shape index (κ2) is 5.37. The van der Waals surface area contributed by atoms with Crippen LogP contribution >= 0.6 is 0 Å². The Hall–Kier alpha value is -1.35. The van der Waals surface area contributed by atoms with Crippen molar-refractivity contribution in [2.45, 2.75) is 70.8 Å². The lowest BCUT2D eigenvalue weighted by molar-refractivity contribution is -0.150. The van der Waals surface area contributed by atoms with E-state index in [1.165, 1.54) is 24.8 Å². The standard InChI is InChI=1S/C24H34N2O/c1-21(2)16-26(10-9-19(21)25)20(27)24-13-17-11-22(24,3)14-23(12-17,15-24)18-7-5-4-6-8-18/h4-8,17,19H,9-16,25H2,1-3H3/t17?,19?,22-,23-,24?/m1/s1. The summed E-state index contributed by atoms with van der Waals surface area (Å²) in [5, 5.41) is 0. The van der Waals surface area contributed by atoms with Crippen LogP contribution in [0.3, 0.4) is 0 Å². The van der Waals surface area contributed by atoms with Gasteiger partial charge in [-0.25, -0.2) is 0 Å². The number of carbonyl (C=O) groups is 1. The summed E-state index contributed by atoms with van der Waals surface area (Å²) < 4.78 is 0. The fraction of sp³-hybridized carbons (Fsp3) is 0.708. The van der Waals surface area contributed by atoms with E-state index in [0.29, 0.717) is 11.8 Å². The number of hydrogen-bond donors (Lipinski definition) is 1. The smallest absolute Gasteiger partial charge is 0.229 e. The summed E-state index contributed by atoms with van der Waals surface area (Å²) in [4.78, 5) is 16.2. The Morgan fingerprint density at radius 1 is 1.07 bits per heavy atom. The van der Waals surface area contributed by atoms with E-state index in [9.17, 15) is 4.79 Å². The highest BCUT2D eigenvalue weighted by Gasteiger charge is 2.73. The first-order valence-corrected chi connectivity index (χ1v) is 10.8. The first-order valence-electron chi connectivity index (χ1n) is 10.8. The summed E-state index contributed by atoms with van der Waals surface area (Å²) >= 11 is 0. The number of benzene rings is 1. The Morgan fingerprint density at radius 2 is 1.81 bits per heavy atom. The maximum Gasteiger partial charge on any atom is 0.229 e. The van der Waals surface area contributed by atoms with Gasteiger partial charge in [0.25, 0.3) is 0 Å². The van der Waals surface area contributed by atoms with E-state index < -0.39 is 0 Å². The van der Waals surface area contributed by atoms with Crippen LogP contribution in [-0.4, -0.2) is 29.9 Å². The highest BCUT2D eigenvalue weighted by atomic mass is 16.2. The van der Waals surface area contributed by atoms with E-state index in [2.05, 4.69) is 56.0 Å². The molecule has 3 nitrogen and oxygen atoms in total. The fourth-order valence-corrected chi connectivity index (χ4v) is 7.78. The molecule has 1 aliphatic heterocycles. The summed E-state index contributed by atoms with van der Waals surface area (Å²) in [7, 11) is 0. The van der Waals surface area contributed by atoms with E-state index in [1.54, 1.807) is 0 Å². The molecule has 146 valence electrons. The molecular weight excluding hydrogens is 332 g/mol. The zero-order chi connectivity index (χ0) is 19.1. The van der Waals surface area contributed by atoms with Crippen molar-refractivity contribution in [3.05, 3.63) is 35.9 Å². The van der Waals surface area contributed by atoms with Gasteiger partial charge in [-0.1, -0.05) is 51.1 Å². The van der Waals surface area contributed by atoms with Crippen LogP contribution in [0.15, 0.2) is 30.3 Å². The van der Waals surface area contributed by atoms with Crippen LogP contribution in [0.4, 0.5) is 0 Å². The lowest BCUT2D eigenvalue weighted by Gasteiger charge is -2.48. The molecule has 5 atom stereocenters. The number of amides is 1. The van der Waals surface area contributed by atoms with Crippen molar-refractivity contribution < 1.29 is 4.79 Å². The summed E-state index contributed by atoms with van der Waals surface area (Å²) in [5.41, 5.74) is 8.06. The van der Waals surface area contributed by atoms with Crippen LogP contribution in [0.25, 0.3) is 0 Å². The number of nitrogens with two attached hydrogens (primary N) is 1. The fourth-order valence-electron chi connectivity index (χ4n) is 7.78. The third kappa shape index (κ3) is 2.27. The molecule has 4 bridgehead atoms. The zero-order valence-electron chi connectivity index (χ0n) is 17.1. The Kier molecular flexibility index (Phi) is 3.53. The molecule has 1 amide bonds. The largest absolute Gasteiger partial charge is 0.342 e. The average Bonchev–Trinajstić information content (AvgIpc) is 2.94. The number of rotatable bonds is 2. The number of likely N-dealkylation sites (tertiary alicyclic amines) is 1. The molecule has 0 spiro atoms. The molecule has 27 heavy (non-hydrogen) atoms. The molecule has 3 unspecified atom stereocenters. The minimum Gasteiger partial charge on any atom is -0.342 e. The zero-order valence-corrected chi connectivity index (χ0v) is 17.1. The van der Waals surface area contributed by atoms with Gasteiger partial charge in [-0.05, 0) is 66.3 Å². The van der Waals surface area contributed by atoms with Crippen LogP contribution in [0.1, 0.15) is 64.9 Å². The molecule has 1 aromatic rings. The van der Waals surface area contributed by atoms with Gasteiger partial charge >= 0.3 is 0 Å². The minimum atomic E-state index is -0.150. The summed E-state index contributed by atoms with van der Waals surface area (Å²) in [6.45, 7) is 8.52. The predicted octanol–water partition coefficient (Wildman–Crippen LogP) is 4.11. The normalized spacial score (nSPS) is 44.7. The van der Waals surface area contributed by atoms with Gasteiger partial charge in [-0.3, -0.25) is 4.79 Å². The minimum absolute atomic E-state index is 0.0121. The molecule has 2 N–H and O–H groups in total. The summed E-state index contributed by atoms with van der Waals surface area (Å²) in [5.74, 6) is 1.16. The van der Waals surface area contributed by atoms with Gasteiger partial charge in [-0.2, -0.15) is 0 Å². The van der Waals surface area contributed by atoms with E-state index in [-0.39, 0.29) is 27.7 Å². The van der Waals surface area contributed by atoms with Crippen molar-refractivity contribution in [2.24, 2.45) is 27.9 Å². The average molecular weight is 367 g/mol. The highest BCUT2D eigenvalue weighted by molar-refractivity contribution is 5.85. The van der Waals surface area contributed by atoms with Gasteiger partial charge in [-0.15, -0.1) is 0 Å². The van der Waals surface area contributed by atoms with Crippen molar-refractivity contribution >= 4 is 5.91 Å². The van der Waals surface area contributed by atoms with E-state index in [1.807, 2.05) is 0 Å². The molecule has 0 radical (unpaired) electrons. The monoisotopic (exact) mass is 366 g/mol. The van der Waals surface area contributed by atoms with E-state index in [0.717, 1.165) is 32.4 Å². The molecule has 6 rings (SSSR count). The van der Waals surface area contributed by atoms with Gasteiger partial charge in [0, 0.05) is 19.1 Å². The third-order valence-electron chi connectivity index (χ3n) is 8.97. The van der Waals surface area contributed by atoms with Crippen molar-refractivity contribution in [1.82, 2.24) is 4.90 Å². The van der Waals surface area contributed by atoms with Gasteiger partial charge in [0.1, 0.15) is 0 Å². The third-order valence-corrected chi connectivity index (χ3v) is 8.97. The SMILES string of the molecule is CC1(C)CN(C(=O)C23CC4C[C@](c5ccccc5)(C2)C[C@@]3(C)C4)CCC1N. The first-order chi connectivity index (χ1) is 12.7. The van der Waals surface area contributed by atoms with Crippen LogP contribution in [0.5, 0.6) is 0 Å². The van der Waals surface area contributed by atoms with E-state index in [4.69, 9.17) is 5.73 Å².